The normalized spacial score (nSPS) is 24.1. The molecule has 0 radical (unpaired) electrons. The molecular weight excluding hydrogens is 584 g/mol. The van der Waals surface area contributed by atoms with E-state index in [-0.39, 0.29) is 22.8 Å². The van der Waals surface area contributed by atoms with Crippen LogP contribution in [-0.4, -0.2) is 75.9 Å². The van der Waals surface area contributed by atoms with Gasteiger partial charge in [-0.2, -0.15) is 0 Å². The van der Waals surface area contributed by atoms with Gasteiger partial charge in [0.2, 0.25) is 0 Å². The van der Waals surface area contributed by atoms with Crippen molar-refractivity contribution in [2.24, 2.45) is 0 Å². The summed E-state index contributed by atoms with van der Waals surface area (Å²) >= 11 is 0. The first-order chi connectivity index (χ1) is 21.1. The Morgan fingerprint density at radius 3 is 1.91 bits per heavy atom. The molecule has 4 atom stereocenters. The van der Waals surface area contributed by atoms with Crippen LogP contribution in [0.15, 0.2) is 109 Å². The molecule has 44 heavy (non-hydrogen) atoms. The second-order valence-corrected chi connectivity index (χ2v) is 12.9. The maximum atomic E-state index is 12.8. The van der Waals surface area contributed by atoms with E-state index >= 15 is 0 Å². The van der Waals surface area contributed by atoms with E-state index in [1.54, 1.807) is 0 Å². The van der Waals surface area contributed by atoms with Crippen molar-refractivity contribution in [3.8, 4) is 0 Å². The smallest absolute Gasteiger partial charge is 0.197 e. The number of rotatable bonds is 9. The van der Waals surface area contributed by atoms with E-state index in [9.17, 15) is 18.6 Å². The number of hydrogen-bond acceptors (Lipinski definition) is 10. The first kappa shape index (κ1) is 30.0. The van der Waals surface area contributed by atoms with Crippen LogP contribution in [0.3, 0.4) is 0 Å². The van der Waals surface area contributed by atoms with Gasteiger partial charge in [0.05, 0.1) is 18.9 Å². The number of benzene rings is 3. The fourth-order valence-electron chi connectivity index (χ4n) is 6.64. The molecule has 11 nitrogen and oxygen atoms in total. The molecule has 5 aromatic rings. The summed E-state index contributed by atoms with van der Waals surface area (Å²) in [5.41, 5.74) is -3.33. The topological polar surface area (TPSA) is 146 Å². The van der Waals surface area contributed by atoms with E-state index in [0.717, 1.165) is 12.6 Å². The molecule has 3 aromatic carbocycles. The summed E-state index contributed by atoms with van der Waals surface area (Å²) in [6.45, 7) is 1.25. The molecule has 3 heterocycles. The SMILES string of the molecule is COOC[C@H]1O[C@](n2cnc3c(S(C)(=O)=O)ncnc32)(C(c2ccccc2)(c2ccccc2)c2ccccc2)[C@](C)(O)[C@@H]1O. The minimum absolute atomic E-state index is 0.0112. The van der Waals surface area contributed by atoms with Crippen molar-refractivity contribution in [2.75, 3.05) is 20.0 Å². The highest BCUT2D eigenvalue weighted by molar-refractivity contribution is 7.90. The molecule has 0 amide bonds. The fraction of sp³-hybridized carbons (Fsp3) is 0.281. The van der Waals surface area contributed by atoms with Crippen molar-refractivity contribution >= 4 is 21.0 Å². The number of hydrogen-bond donors (Lipinski definition) is 2. The molecule has 1 aliphatic rings. The molecule has 2 aromatic heterocycles. The Kier molecular flexibility index (Phi) is 7.60. The summed E-state index contributed by atoms with van der Waals surface area (Å²) < 4.78 is 34.1. The monoisotopic (exact) mass is 616 g/mol. The molecule has 1 saturated heterocycles. The molecule has 0 spiro atoms. The summed E-state index contributed by atoms with van der Waals surface area (Å²) in [4.78, 5) is 23.1. The number of fused-ring (bicyclic) bond motifs is 1. The van der Waals surface area contributed by atoms with E-state index in [1.165, 1.54) is 24.9 Å². The summed E-state index contributed by atoms with van der Waals surface area (Å²) in [7, 11) is -2.49. The number of aliphatic hydroxyl groups excluding tert-OH is 1. The lowest BCUT2D eigenvalue weighted by Crippen LogP contribution is -2.67. The van der Waals surface area contributed by atoms with Crippen LogP contribution in [0.4, 0.5) is 0 Å². The zero-order chi connectivity index (χ0) is 31.2. The van der Waals surface area contributed by atoms with E-state index in [0.29, 0.717) is 16.7 Å². The van der Waals surface area contributed by atoms with Crippen LogP contribution in [0.2, 0.25) is 0 Å². The van der Waals surface area contributed by atoms with Gasteiger partial charge in [0, 0.05) is 6.26 Å². The first-order valence-electron chi connectivity index (χ1n) is 13.9. The van der Waals surface area contributed by atoms with Gasteiger partial charge in [-0.25, -0.2) is 33.1 Å². The number of aliphatic hydroxyl groups is 2. The van der Waals surface area contributed by atoms with E-state index < -0.39 is 38.8 Å². The molecule has 1 aliphatic heterocycles. The molecule has 0 unspecified atom stereocenters. The lowest BCUT2D eigenvalue weighted by atomic mass is 9.58. The Morgan fingerprint density at radius 1 is 0.909 bits per heavy atom. The Hall–Kier alpha value is -4.04. The number of ether oxygens (including phenoxy) is 1. The van der Waals surface area contributed by atoms with Crippen molar-refractivity contribution in [3.63, 3.8) is 0 Å². The number of sulfone groups is 1. The van der Waals surface area contributed by atoms with Crippen LogP contribution in [0, 0.1) is 0 Å². The van der Waals surface area contributed by atoms with Crippen LogP contribution < -0.4 is 0 Å². The average Bonchev–Trinajstić information content (AvgIpc) is 3.55. The third-order valence-corrected chi connectivity index (χ3v) is 9.41. The Bertz CT molecular complexity index is 1770. The highest BCUT2D eigenvalue weighted by Crippen LogP contribution is 2.61. The van der Waals surface area contributed by atoms with Gasteiger partial charge in [0.1, 0.15) is 36.3 Å². The molecule has 0 aliphatic carbocycles. The largest absolute Gasteiger partial charge is 0.387 e. The molecule has 12 heteroatoms. The van der Waals surface area contributed by atoms with Gasteiger partial charge in [0.15, 0.2) is 26.2 Å². The second-order valence-electron chi connectivity index (χ2n) is 10.9. The third kappa shape index (κ3) is 4.29. The maximum Gasteiger partial charge on any atom is 0.197 e. The van der Waals surface area contributed by atoms with Crippen molar-refractivity contribution < 1.29 is 33.1 Å². The van der Waals surface area contributed by atoms with Crippen LogP contribution in [0.1, 0.15) is 23.6 Å². The van der Waals surface area contributed by atoms with Crippen molar-refractivity contribution in [2.45, 2.75) is 40.9 Å². The van der Waals surface area contributed by atoms with Crippen LogP contribution in [0.5, 0.6) is 0 Å². The Balaban J connectivity index is 1.85. The first-order valence-corrected chi connectivity index (χ1v) is 15.8. The highest BCUT2D eigenvalue weighted by Gasteiger charge is 2.74. The highest BCUT2D eigenvalue weighted by atomic mass is 32.2. The van der Waals surface area contributed by atoms with Gasteiger partial charge < -0.3 is 14.9 Å². The molecule has 2 N–H and O–H groups in total. The zero-order valence-corrected chi connectivity index (χ0v) is 25.1. The van der Waals surface area contributed by atoms with E-state index in [4.69, 9.17) is 14.5 Å². The van der Waals surface area contributed by atoms with Gasteiger partial charge in [-0.05, 0) is 23.6 Å². The average molecular weight is 617 g/mol. The predicted octanol–water partition coefficient (Wildman–Crippen LogP) is 3.01. The minimum Gasteiger partial charge on any atom is -0.387 e. The zero-order valence-electron chi connectivity index (χ0n) is 24.3. The molecule has 228 valence electrons. The Morgan fingerprint density at radius 2 is 1.43 bits per heavy atom. The predicted molar refractivity (Wildman–Crippen MR) is 160 cm³/mol. The quantitative estimate of drug-likeness (QED) is 0.110. The lowest BCUT2D eigenvalue weighted by Gasteiger charge is -2.54. The molecule has 6 rings (SSSR count). The molecular formula is C32H32N4O7S. The van der Waals surface area contributed by atoms with Crippen molar-refractivity contribution in [1.82, 2.24) is 19.5 Å². The number of aromatic nitrogens is 4. The van der Waals surface area contributed by atoms with Crippen LogP contribution >= 0.6 is 0 Å². The summed E-state index contributed by atoms with van der Waals surface area (Å²) in [5, 5.41) is 24.4. The minimum atomic E-state index is -3.83. The van der Waals surface area contributed by atoms with Crippen LogP contribution in [-0.2, 0) is 35.5 Å². The Labute approximate surface area is 254 Å². The van der Waals surface area contributed by atoms with Crippen molar-refractivity contribution in [3.05, 3.63) is 120 Å². The number of nitrogens with zero attached hydrogens (tertiary/aromatic N) is 4. The molecule has 0 saturated carbocycles. The summed E-state index contributed by atoms with van der Waals surface area (Å²) in [6.07, 6.45) is 0.899. The number of imidazole rings is 1. The summed E-state index contributed by atoms with van der Waals surface area (Å²) in [5.74, 6) is 0. The van der Waals surface area contributed by atoms with Gasteiger partial charge in [-0.3, -0.25) is 4.57 Å². The van der Waals surface area contributed by atoms with Crippen LogP contribution in [0.25, 0.3) is 11.2 Å². The van der Waals surface area contributed by atoms with Gasteiger partial charge in [-0.1, -0.05) is 91.0 Å². The van der Waals surface area contributed by atoms with E-state index in [1.807, 2.05) is 91.0 Å². The summed E-state index contributed by atoms with van der Waals surface area (Å²) in [6, 6.07) is 28.4. The third-order valence-electron chi connectivity index (χ3n) is 8.41. The van der Waals surface area contributed by atoms with E-state index in [2.05, 4.69) is 15.0 Å². The van der Waals surface area contributed by atoms with Gasteiger partial charge in [0.25, 0.3) is 0 Å². The van der Waals surface area contributed by atoms with Gasteiger partial charge >= 0.3 is 0 Å². The van der Waals surface area contributed by atoms with Gasteiger partial charge in [-0.15, -0.1) is 0 Å². The standard InChI is InChI=1S/C32H32N4O7S/c1-30(38)27(37)25(19-42-41-2)43-32(30,36-21-35-26-28(36)33-20-34-29(26)44(3,39)40)31(22-13-7-4-8-14-22,23-15-9-5-10-16-23)24-17-11-6-12-18-24/h4-18,20-21,25,27,37-38H,19H2,1-3H3/t25-,27-,30-,32+/m1/s1. The fourth-order valence-corrected chi connectivity index (χ4v) is 7.38. The molecule has 0 bridgehead atoms. The second kappa shape index (κ2) is 11.1. The van der Waals surface area contributed by atoms with Crippen molar-refractivity contribution in [1.29, 1.82) is 0 Å². The maximum absolute atomic E-state index is 12.8. The molecule has 1 fully saturated rings. The lowest BCUT2D eigenvalue weighted by molar-refractivity contribution is -0.296.